The van der Waals surface area contributed by atoms with E-state index >= 15 is 0 Å². The lowest BCUT2D eigenvalue weighted by molar-refractivity contribution is -0.141. The zero-order valence-corrected chi connectivity index (χ0v) is 15.4. The molecule has 0 atom stereocenters. The van der Waals surface area contributed by atoms with Gasteiger partial charge in [0, 0.05) is 4.88 Å². The standard InChI is InChI=1S/C15H11ClF3N3O2S2/c1-8-13(26(23,24)22-10-5-3-2-4-9(10)16)7-12(25-8)11-6-14(21-20-11)15(17,18)19/h2-7,22H,1H3,(H,20,21). The molecule has 0 aliphatic rings. The molecule has 0 radical (unpaired) electrons. The molecule has 3 aromatic rings. The van der Waals surface area contributed by atoms with Crippen molar-refractivity contribution in [2.75, 3.05) is 4.72 Å². The highest BCUT2D eigenvalue weighted by atomic mass is 35.5. The van der Waals surface area contributed by atoms with Crippen LogP contribution in [0.3, 0.4) is 0 Å². The first kappa shape index (κ1) is 18.7. The van der Waals surface area contributed by atoms with Crippen molar-refractivity contribution in [3.05, 3.63) is 52.0 Å². The van der Waals surface area contributed by atoms with E-state index in [1.807, 2.05) is 5.10 Å². The zero-order chi connectivity index (χ0) is 19.1. The Labute approximate surface area is 155 Å². The lowest BCUT2D eigenvalue weighted by Crippen LogP contribution is -2.13. The number of sulfonamides is 1. The maximum atomic E-state index is 12.7. The maximum Gasteiger partial charge on any atom is 0.432 e. The van der Waals surface area contributed by atoms with E-state index in [4.69, 9.17) is 11.6 Å². The van der Waals surface area contributed by atoms with E-state index in [1.165, 1.54) is 18.2 Å². The van der Waals surface area contributed by atoms with Crippen LogP contribution in [0.15, 0.2) is 41.3 Å². The summed E-state index contributed by atoms with van der Waals surface area (Å²) in [5, 5.41) is 5.75. The number of thiophene rings is 1. The first-order valence-electron chi connectivity index (χ1n) is 7.09. The minimum absolute atomic E-state index is 0.0182. The maximum absolute atomic E-state index is 12.7. The summed E-state index contributed by atoms with van der Waals surface area (Å²) < 4.78 is 65.7. The minimum Gasteiger partial charge on any atom is -0.278 e. The molecule has 0 unspecified atom stereocenters. The number of hydrogen-bond acceptors (Lipinski definition) is 4. The van der Waals surface area contributed by atoms with Gasteiger partial charge in [-0.15, -0.1) is 11.3 Å². The van der Waals surface area contributed by atoms with Gasteiger partial charge in [-0.05, 0) is 31.2 Å². The molecule has 0 amide bonds. The number of hydrogen-bond donors (Lipinski definition) is 2. The van der Waals surface area contributed by atoms with Gasteiger partial charge < -0.3 is 0 Å². The molecule has 1 aromatic carbocycles. The third-order valence-electron chi connectivity index (χ3n) is 3.42. The van der Waals surface area contributed by atoms with Gasteiger partial charge in [0.1, 0.15) is 16.3 Å². The van der Waals surface area contributed by atoms with Crippen molar-refractivity contribution in [1.82, 2.24) is 10.2 Å². The number of benzene rings is 1. The highest BCUT2D eigenvalue weighted by Crippen LogP contribution is 2.36. The normalized spacial score (nSPS) is 12.3. The molecule has 0 saturated heterocycles. The molecule has 2 heterocycles. The first-order chi connectivity index (χ1) is 12.1. The number of anilines is 1. The second-order valence-corrected chi connectivity index (χ2v) is 8.60. The fourth-order valence-corrected chi connectivity index (χ4v) is 5.07. The molecule has 0 saturated carbocycles. The average molecular weight is 422 g/mol. The number of rotatable bonds is 4. The van der Waals surface area contributed by atoms with E-state index in [9.17, 15) is 21.6 Å². The molecule has 138 valence electrons. The molecule has 2 N–H and O–H groups in total. The van der Waals surface area contributed by atoms with E-state index < -0.39 is 21.9 Å². The molecule has 11 heteroatoms. The highest BCUT2D eigenvalue weighted by molar-refractivity contribution is 7.93. The number of alkyl halides is 3. The predicted octanol–water partition coefficient (Wildman–Crippen LogP) is 4.92. The van der Waals surface area contributed by atoms with Crippen molar-refractivity contribution < 1.29 is 21.6 Å². The van der Waals surface area contributed by atoms with Crippen LogP contribution in [0.1, 0.15) is 10.6 Å². The summed E-state index contributed by atoms with van der Waals surface area (Å²) in [7, 11) is -3.96. The predicted molar refractivity (Wildman–Crippen MR) is 93.9 cm³/mol. The summed E-state index contributed by atoms with van der Waals surface area (Å²) >= 11 is 6.99. The average Bonchev–Trinajstić information content (AvgIpc) is 3.15. The lowest BCUT2D eigenvalue weighted by atomic mass is 10.3. The Morgan fingerprint density at radius 1 is 1.23 bits per heavy atom. The lowest BCUT2D eigenvalue weighted by Gasteiger charge is -2.08. The van der Waals surface area contributed by atoms with E-state index in [0.29, 0.717) is 9.75 Å². The molecule has 2 aromatic heterocycles. The molecule has 0 aliphatic heterocycles. The number of nitrogens with one attached hydrogen (secondary N) is 2. The SMILES string of the molecule is Cc1sc(-c2cc(C(F)(F)F)[nH]n2)cc1S(=O)(=O)Nc1ccccc1Cl. The van der Waals surface area contributed by atoms with Crippen molar-refractivity contribution in [2.45, 2.75) is 18.0 Å². The largest absolute Gasteiger partial charge is 0.432 e. The topological polar surface area (TPSA) is 74.8 Å². The monoisotopic (exact) mass is 421 g/mol. The third kappa shape index (κ3) is 3.71. The van der Waals surface area contributed by atoms with Crippen molar-refractivity contribution >= 4 is 38.6 Å². The molecule has 0 fully saturated rings. The van der Waals surface area contributed by atoms with Crippen LogP contribution in [0.4, 0.5) is 18.9 Å². The third-order valence-corrected chi connectivity index (χ3v) is 6.44. The van der Waals surface area contributed by atoms with E-state index in [1.54, 1.807) is 19.1 Å². The van der Waals surface area contributed by atoms with Gasteiger partial charge in [0.2, 0.25) is 0 Å². The van der Waals surface area contributed by atoms with Crippen LogP contribution < -0.4 is 4.72 Å². The van der Waals surface area contributed by atoms with Crippen molar-refractivity contribution in [3.63, 3.8) is 0 Å². The van der Waals surface area contributed by atoms with Crippen LogP contribution >= 0.6 is 22.9 Å². The van der Waals surface area contributed by atoms with Crippen LogP contribution in [-0.4, -0.2) is 18.6 Å². The van der Waals surface area contributed by atoms with Gasteiger partial charge in [-0.1, -0.05) is 23.7 Å². The number of nitrogens with zero attached hydrogens (tertiary/aromatic N) is 1. The Bertz CT molecular complexity index is 1060. The number of H-pyrrole nitrogens is 1. The summed E-state index contributed by atoms with van der Waals surface area (Å²) in [6.07, 6.45) is -4.56. The Balaban J connectivity index is 1.95. The molecular weight excluding hydrogens is 411 g/mol. The van der Waals surface area contributed by atoms with Crippen molar-refractivity contribution in [2.24, 2.45) is 0 Å². The van der Waals surface area contributed by atoms with Crippen LogP contribution in [0.2, 0.25) is 5.02 Å². The first-order valence-corrected chi connectivity index (χ1v) is 9.76. The van der Waals surface area contributed by atoms with E-state index in [0.717, 1.165) is 17.4 Å². The van der Waals surface area contributed by atoms with Crippen LogP contribution in [0.25, 0.3) is 10.6 Å². The molecular formula is C15H11ClF3N3O2S2. The Hall–Kier alpha value is -2.04. The Morgan fingerprint density at radius 3 is 2.54 bits per heavy atom. The molecule has 0 bridgehead atoms. The fourth-order valence-electron chi connectivity index (χ4n) is 2.20. The minimum atomic E-state index is -4.56. The number of aromatic nitrogens is 2. The molecule has 3 rings (SSSR count). The summed E-state index contributed by atoms with van der Waals surface area (Å²) in [5.41, 5.74) is -0.776. The van der Waals surface area contributed by atoms with Crippen LogP contribution in [0, 0.1) is 6.92 Å². The number of para-hydroxylation sites is 1. The second kappa shape index (κ2) is 6.60. The van der Waals surface area contributed by atoms with E-state index in [2.05, 4.69) is 9.82 Å². The summed E-state index contributed by atoms with van der Waals surface area (Å²) in [6, 6.07) is 8.44. The van der Waals surface area contributed by atoms with Crippen molar-refractivity contribution in [3.8, 4) is 10.6 Å². The van der Waals surface area contributed by atoms with Crippen LogP contribution in [0.5, 0.6) is 0 Å². The van der Waals surface area contributed by atoms with Gasteiger partial charge in [-0.3, -0.25) is 9.82 Å². The molecule has 5 nitrogen and oxygen atoms in total. The van der Waals surface area contributed by atoms with Gasteiger partial charge in [0.15, 0.2) is 0 Å². The summed E-state index contributed by atoms with van der Waals surface area (Å²) in [5.74, 6) is 0. The highest BCUT2D eigenvalue weighted by Gasteiger charge is 2.33. The summed E-state index contributed by atoms with van der Waals surface area (Å²) in [6.45, 7) is 1.56. The van der Waals surface area contributed by atoms with Gasteiger partial charge in [0.05, 0.1) is 15.6 Å². The molecule has 0 spiro atoms. The number of aryl methyl sites for hydroxylation is 1. The fraction of sp³-hybridized carbons (Fsp3) is 0.133. The van der Waals surface area contributed by atoms with Crippen LogP contribution in [-0.2, 0) is 16.2 Å². The van der Waals surface area contributed by atoms with E-state index in [-0.39, 0.29) is 21.3 Å². The quantitative estimate of drug-likeness (QED) is 0.627. The van der Waals surface area contributed by atoms with Gasteiger partial charge in [-0.2, -0.15) is 18.3 Å². The second-order valence-electron chi connectivity index (χ2n) is 5.28. The van der Waals surface area contributed by atoms with Crippen molar-refractivity contribution in [1.29, 1.82) is 0 Å². The van der Waals surface area contributed by atoms with Gasteiger partial charge in [0.25, 0.3) is 10.0 Å². The van der Waals surface area contributed by atoms with Gasteiger partial charge >= 0.3 is 6.18 Å². The molecule has 0 aliphatic carbocycles. The Kier molecular flexibility index (Phi) is 4.76. The molecule has 26 heavy (non-hydrogen) atoms. The summed E-state index contributed by atoms with van der Waals surface area (Å²) in [4.78, 5) is 0.666. The van der Waals surface area contributed by atoms with Gasteiger partial charge in [-0.25, -0.2) is 8.42 Å². The zero-order valence-electron chi connectivity index (χ0n) is 13.1. The Morgan fingerprint density at radius 2 is 1.92 bits per heavy atom. The smallest absolute Gasteiger partial charge is 0.278 e. The number of halogens is 4. The number of aromatic amines is 1.